The molecule has 3 N–H and O–H groups in total. The van der Waals surface area contributed by atoms with Crippen LogP contribution in [0, 0.1) is 5.82 Å². The van der Waals surface area contributed by atoms with E-state index in [0.717, 1.165) is 0 Å². The van der Waals surface area contributed by atoms with Crippen LogP contribution in [-0.2, 0) is 0 Å². The van der Waals surface area contributed by atoms with Crippen molar-refractivity contribution in [3.05, 3.63) is 58.3 Å². The standard InChI is InChI=1S/C14H13BrFNO2/c15-9-5-6-14(11(16)7-9)19-8-13(18)10-3-1-2-4-12(10)17/h1-7,13,18H,8,17H2. The summed E-state index contributed by atoms with van der Waals surface area (Å²) in [5.41, 5.74) is 6.80. The van der Waals surface area contributed by atoms with Gasteiger partial charge in [-0.2, -0.15) is 0 Å². The Kier molecular flexibility index (Phi) is 4.39. The third-order valence-electron chi connectivity index (χ3n) is 2.65. The lowest BCUT2D eigenvalue weighted by Gasteiger charge is -2.14. The summed E-state index contributed by atoms with van der Waals surface area (Å²) in [6.45, 7) is -0.0627. The molecule has 3 nitrogen and oxygen atoms in total. The molecule has 0 fully saturated rings. The Morgan fingerprint density at radius 1 is 1.26 bits per heavy atom. The first kappa shape index (κ1) is 13.8. The van der Waals surface area contributed by atoms with Crippen molar-refractivity contribution < 1.29 is 14.2 Å². The maximum absolute atomic E-state index is 13.5. The van der Waals surface area contributed by atoms with Gasteiger partial charge in [0.1, 0.15) is 12.7 Å². The Morgan fingerprint density at radius 2 is 2.00 bits per heavy atom. The van der Waals surface area contributed by atoms with Crippen LogP contribution >= 0.6 is 15.9 Å². The zero-order chi connectivity index (χ0) is 13.8. The second kappa shape index (κ2) is 6.04. The number of ether oxygens (including phenoxy) is 1. The number of benzene rings is 2. The van der Waals surface area contributed by atoms with Gasteiger partial charge in [0.15, 0.2) is 11.6 Å². The van der Waals surface area contributed by atoms with Crippen molar-refractivity contribution in [2.24, 2.45) is 0 Å². The first-order chi connectivity index (χ1) is 9.08. The molecular weight excluding hydrogens is 313 g/mol. The quantitative estimate of drug-likeness (QED) is 0.848. The van der Waals surface area contributed by atoms with E-state index in [4.69, 9.17) is 10.5 Å². The molecule has 100 valence electrons. The number of hydrogen-bond donors (Lipinski definition) is 2. The normalized spacial score (nSPS) is 12.2. The topological polar surface area (TPSA) is 55.5 Å². The molecule has 5 heteroatoms. The summed E-state index contributed by atoms with van der Waals surface area (Å²) in [6, 6.07) is 11.4. The van der Waals surface area contributed by atoms with E-state index in [9.17, 15) is 9.50 Å². The number of aliphatic hydroxyl groups is 1. The minimum atomic E-state index is -0.899. The van der Waals surface area contributed by atoms with Gasteiger partial charge in [-0.25, -0.2) is 4.39 Å². The Hall–Kier alpha value is -1.59. The molecule has 1 unspecified atom stereocenters. The van der Waals surface area contributed by atoms with Gasteiger partial charge in [-0.1, -0.05) is 34.1 Å². The largest absolute Gasteiger partial charge is 0.487 e. The summed E-state index contributed by atoms with van der Waals surface area (Å²) in [5, 5.41) is 9.97. The summed E-state index contributed by atoms with van der Waals surface area (Å²) in [7, 11) is 0. The number of para-hydroxylation sites is 1. The van der Waals surface area contributed by atoms with Gasteiger partial charge in [0.25, 0.3) is 0 Å². The molecule has 0 saturated heterocycles. The molecule has 0 amide bonds. The van der Waals surface area contributed by atoms with Gasteiger partial charge >= 0.3 is 0 Å². The van der Waals surface area contributed by atoms with Gasteiger partial charge in [0.05, 0.1) is 0 Å². The molecule has 0 bridgehead atoms. The lowest BCUT2D eigenvalue weighted by Crippen LogP contribution is -2.12. The molecule has 0 saturated carbocycles. The van der Waals surface area contributed by atoms with E-state index in [1.807, 2.05) is 0 Å². The van der Waals surface area contributed by atoms with Crippen molar-refractivity contribution in [2.75, 3.05) is 12.3 Å². The van der Waals surface area contributed by atoms with E-state index in [-0.39, 0.29) is 12.4 Å². The molecule has 19 heavy (non-hydrogen) atoms. The lowest BCUT2D eigenvalue weighted by molar-refractivity contribution is 0.106. The van der Waals surface area contributed by atoms with E-state index >= 15 is 0 Å². The fourth-order valence-corrected chi connectivity index (χ4v) is 2.00. The number of anilines is 1. The van der Waals surface area contributed by atoms with E-state index in [0.29, 0.717) is 15.7 Å². The van der Waals surface area contributed by atoms with E-state index < -0.39 is 11.9 Å². The number of aliphatic hydroxyl groups excluding tert-OH is 1. The van der Waals surface area contributed by atoms with E-state index in [2.05, 4.69) is 15.9 Å². The monoisotopic (exact) mass is 325 g/mol. The molecule has 0 aliphatic heterocycles. The van der Waals surface area contributed by atoms with E-state index in [1.165, 1.54) is 12.1 Å². The van der Waals surface area contributed by atoms with Gasteiger partial charge in [-0.15, -0.1) is 0 Å². The van der Waals surface area contributed by atoms with Crippen LogP contribution in [0.25, 0.3) is 0 Å². The fourth-order valence-electron chi connectivity index (χ4n) is 1.67. The molecular formula is C14H13BrFNO2. The SMILES string of the molecule is Nc1ccccc1C(O)COc1ccc(Br)cc1F. The predicted molar refractivity (Wildman–Crippen MR) is 75.4 cm³/mol. The summed E-state index contributed by atoms with van der Waals surface area (Å²) in [4.78, 5) is 0. The van der Waals surface area contributed by atoms with Crippen molar-refractivity contribution >= 4 is 21.6 Å². The zero-order valence-electron chi connectivity index (χ0n) is 10.0. The molecule has 0 aliphatic carbocycles. The Labute approximate surface area is 118 Å². The average molecular weight is 326 g/mol. The summed E-state index contributed by atoms with van der Waals surface area (Å²) < 4.78 is 19.4. The van der Waals surface area contributed by atoms with Crippen molar-refractivity contribution in [3.63, 3.8) is 0 Å². The van der Waals surface area contributed by atoms with Crippen LogP contribution in [0.4, 0.5) is 10.1 Å². The first-order valence-electron chi connectivity index (χ1n) is 5.68. The third kappa shape index (κ3) is 3.45. The highest BCUT2D eigenvalue weighted by atomic mass is 79.9. The van der Waals surface area contributed by atoms with Crippen LogP contribution < -0.4 is 10.5 Å². The van der Waals surface area contributed by atoms with Crippen LogP contribution in [0.5, 0.6) is 5.75 Å². The Bertz CT molecular complexity index is 577. The highest BCUT2D eigenvalue weighted by Gasteiger charge is 2.12. The van der Waals surface area contributed by atoms with Crippen LogP contribution in [-0.4, -0.2) is 11.7 Å². The molecule has 2 rings (SSSR count). The average Bonchev–Trinajstić information content (AvgIpc) is 2.38. The molecule has 2 aromatic rings. The second-order valence-corrected chi connectivity index (χ2v) is 4.95. The van der Waals surface area contributed by atoms with Crippen molar-refractivity contribution in [3.8, 4) is 5.75 Å². The maximum Gasteiger partial charge on any atom is 0.166 e. The number of nitrogen functional groups attached to an aromatic ring is 1. The minimum Gasteiger partial charge on any atom is -0.487 e. The highest BCUT2D eigenvalue weighted by Crippen LogP contribution is 2.24. The van der Waals surface area contributed by atoms with Gasteiger partial charge in [0, 0.05) is 15.7 Å². The first-order valence-corrected chi connectivity index (χ1v) is 6.47. The molecule has 0 spiro atoms. The molecule has 1 atom stereocenters. The fraction of sp³-hybridized carbons (Fsp3) is 0.143. The van der Waals surface area contributed by atoms with Crippen LogP contribution in [0.15, 0.2) is 46.9 Å². The van der Waals surface area contributed by atoms with Crippen LogP contribution in [0.1, 0.15) is 11.7 Å². The molecule has 0 aromatic heterocycles. The van der Waals surface area contributed by atoms with Gasteiger partial charge in [-0.05, 0) is 24.3 Å². The molecule has 2 aromatic carbocycles. The smallest absolute Gasteiger partial charge is 0.166 e. The van der Waals surface area contributed by atoms with Crippen LogP contribution in [0.2, 0.25) is 0 Å². The van der Waals surface area contributed by atoms with E-state index in [1.54, 1.807) is 30.3 Å². The second-order valence-electron chi connectivity index (χ2n) is 4.03. The highest BCUT2D eigenvalue weighted by molar-refractivity contribution is 9.10. The predicted octanol–water partition coefficient (Wildman–Crippen LogP) is 3.28. The molecule has 0 aliphatic rings. The van der Waals surface area contributed by atoms with Crippen molar-refractivity contribution in [1.82, 2.24) is 0 Å². The van der Waals surface area contributed by atoms with Gasteiger partial charge < -0.3 is 15.6 Å². The lowest BCUT2D eigenvalue weighted by atomic mass is 10.1. The summed E-state index contributed by atoms with van der Waals surface area (Å²) in [5.74, 6) is -0.389. The number of hydrogen-bond acceptors (Lipinski definition) is 3. The Morgan fingerprint density at radius 3 is 2.68 bits per heavy atom. The van der Waals surface area contributed by atoms with Gasteiger partial charge in [0.2, 0.25) is 0 Å². The minimum absolute atomic E-state index is 0.0627. The third-order valence-corrected chi connectivity index (χ3v) is 3.14. The summed E-state index contributed by atoms with van der Waals surface area (Å²) >= 11 is 3.16. The number of nitrogens with two attached hydrogens (primary N) is 1. The summed E-state index contributed by atoms with van der Waals surface area (Å²) in [6.07, 6.45) is -0.899. The Balaban J connectivity index is 2.04. The molecule has 0 radical (unpaired) electrons. The van der Waals surface area contributed by atoms with Gasteiger partial charge in [-0.3, -0.25) is 0 Å². The zero-order valence-corrected chi connectivity index (χ0v) is 11.6. The molecule has 0 heterocycles. The number of halogens is 2. The number of rotatable bonds is 4. The van der Waals surface area contributed by atoms with Crippen molar-refractivity contribution in [2.45, 2.75) is 6.10 Å². The maximum atomic E-state index is 13.5. The van der Waals surface area contributed by atoms with Crippen LogP contribution in [0.3, 0.4) is 0 Å². The van der Waals surface area contributed by atoms with Crippen molar-refractivity contribution in [1.29, 1.82) is 0 Å².